The van der Waals surface area contributed by atoms with Crippen molar-refractivity contribution in [3.63, 3.8) is 0 Å². The summed E-state index contributed by atoms with van der Waals surface area (Å²) in [6, 6.07) is 15.0. The Balaban J connectivity index is 1.78. The molecule has 4 nitrogen and oxygen atoms in total. The fraction of sp³-hybridized carbons (Fsp3) is 0.350. The Labute approximate surface area is 154 Å². The molecule has 0 saturated carbocycles. The van der Waals surface area contributed by atoms with Crippen LogP contribution in [-0.2, 0) is 11.2 Å². The molecule has 0 radical (unpaired) electrons. The number of nitrogens with one attached hydrogen (secondary N) is 1. The first-order valence-corrected chi connectivity index (χ1v) is 8.83. The van der Waals surface area contributed by atoms with Crippen LogP contribution in [0, 0.1) is 0 Å². The first-order chi connectivity index (χ1) is 12.1. The molecule has 1 N–H and O–H groups in total. The molecule has 2 aromatic rings. The number of ether oxygens (including phenoxy) is 2. The quantitative estimate of drug-likeness (QED) is 0.679. The molecule has 2 aromatic carbocycles. The van der Waals surface area contributed by atoms with E-state index >= 15 is 0 Å². The summed E-state index contributed by atoms with van der Waals surface area (Å²) in [6.45, 7) is 2.54. The van der Waals surface area contributed by atoms with E-state index in [0.717, 1.165) is 17.9 Å². The highest BCUT2D eigenvalue weighted by Crippen LogP contribution is 2.20. The number of benzene rings is 2. The maximum Gasteiger partial charge on any atom is 0.261 e. The smallest absolute Gasteiger partial charge is 0.261 e. The average molecular weight is 362 g/mol. The van der Waals surface area contributed by atoms with E-state index in [1.165, 1.54) is 5.56 Å². The van der Waals surface area contributed by atoms with E-state index in [0.29, 0.717) is 24.5 Å². The van der Waals surface area contributed by atoms with Gasteiger partial charge in [-0.25, -0.2) is 0 Å². The van der Waals surface area contributed by atoms with E-state index in [4.69, 9.17) is 21.1 Å². The molecule has 1 amide bonds. The molecule has 25 heavy (non-hydrogen) atoms. The Hall–Kier alpha value is -2.20. The van der Waals surface area contributed by atoms with Gasteiger partial charge in [-0.15, -0.1) is 0 Å². The zero-order valence-corrected chi connectivity index (χ0v) is 15.4. The average Bonchev–Trinajstić information content (AvgIpc) is 2.64. The van der Waals surface area contributed by atoms with Crippen LogP contribution >= 0.6 is 11.6 Å². The SMILES string of the molecule is CC[C@@H](Oc1cccc(OC)c1)C(=O)NCCCc1ccc(Cl)cc1. The van der Waals surface area contributed by atoms with Crippen molar-refractivity contribution in [2.45, 2.75) is 32.3 Å². The van der Waals surface area contributed by atoms with Gasteiger partial charge in [-0.1, -0.05) is 36.7 Å². The molecule has 0 spiro atoms. The minimum absolute atomic E-state index is 0.0959. The van der Waals surface area contributed by atoms with Gasteiger partial charge in [0, 0.05) is 17.6 Å². The van der Waals surface area contributed by atoms with Gasteiger partial charge in [-0.3, -0.25) is 4.79 Å². The van der Waals surface area contributed by atoms with Gasteiger partial charge < -0.3 is 14.8 Å². The fourth-order valence-corrected chi connectivity index (χ4v) is 2.56. The van der Waals surface area contributed by atoms with E-state index in [9.17, 15) is 4.79 Å². The van der Waals surface area contributed by atoms with Gasteiger partial charge >= 0.3 is 0 Å². The van der Waals surface area contributed by atoms with Crippen LogP contribution in [0.2, 0.25) is 5.02 Å². The van der Waals surface area contributed by atoms with Gasteiger partial charge in [0.2, 0.25) is 0 Å². The van der Waals surface area contributed by atoms with E-state index in [-0.39, 0.29) is 5.91 Å². The third-order valence-electron chi connectivity index (χ3n) is 3.84. The highest BCUT2D eigenvalue weighted by Gasteiger charge is 2.18. The van der Waals surface area contributed by atoms with Crippen molar-refractivity contribution < 1.29 is 14.3 Å². The first kappa shape index (κ1) is 19.1. The van der Waals surface area contributed by atoms with Crippen LogP contribution in [0.15, 0.2) is 48.5 Å². The molecular weight excluding hydrogens is 338 g/mol. The minimum Gasteiger partial charge on any atom is -0.497 e. The van der Waals surface area contributed by atoms with Crippen molar-refractivity contribution in [1.82, 2.24) is 5.32 Å². The maximum absolute atomic E-state index is 12.3. The van der Waals surface area contributed by atoms with Gasteiger partial charge in [-0.2, -0.15) is 0 Å². The molecular formula is C20H24ClNO3. The number of hydrogen-bond acceptors (Lipinski definition) is 3. The highest BCUT2D eigenvalue weighted by molar-refractivity contribution is 6.30. The predicted molar refractivity (Wildman–Crippen MR) is 100 cm³/mol. The van der Waals surface area contributed by atoms with Crippen LogP contribution in [0.3, 0.4) is 0 Å². The molecule has 0 bridgehead atoms. The summed E-state index contributed by atoms with van der Waals surface area (Å²) in [5.74, 6) is 1.24. The second kappa shape index (κ2) is 9.94. The molecule has 1 atom stereocenters. The summed E-state index contributed by atoms with van der Waals surface area (Å²) in [5, 5.41) is 3.68. The van der Waals surface area contributed by atoms with Crippen LogP contribution in [0.5, 0.6) is 11.5 Å². The zero-order chi connectivity index (χ0) is 18.1. The zero-order valence-electron chi connectivity index (χ0n) is 14.6. The number of halogens is 1. The number of hydrogen-bond donors (Lipinski definition) is 1. The number of rotatable bonds is 9. The largest absolute Gasteiger partial charge is 0.497 e. The van der Waals surface area contributed by atoms with Crippen molar-refractivity contribution in [3.8, 4) is 11.5 Å². The van der Waals surface area contributed by atoms with Crippen molar-refractivity contribution in [1.29, 1.82) is 0 Å². The summed E-state index contributed by atoms with van der Waals surface area (Å²) in [6.07, 6.45) is 1.84. The molecule has 0 aromatic heterocycles. The monoisotopic (exact) mass is 361 g/mol. The first-order valence-electron chi connectivity index (χ1n) is 8.45. The van der Waals surface area contributed by atoms with Gasteiger partial charge in [0.05, 0.1) is 7.11 Å². The summed E-state index contributed by atoms with van der Waals surface area (Å²) < 4.78 is 11.0. The standard InChI is InChI=1S/C20H24ClNO3/c1-3-19(25-18-8-4-7-17(14-18)24-2)20(23)22-13-5-6-15-9-11-16(21)12-10-15/h4,7-12,14,19H,3,5-6,13H2,1-2H3,(H,22,23)/t19-/m1/s1. The van der Waals surface area contributed by atoms with Gasteiger partial charge in [-0.05, 0) is 49.1 Å². The van der Waals surface area contributed by atoms with Gasteiger partial charge in [0.15, 0.2) is 6.10 Å². The fourth-order valence-electron chi connectivity index (χ4n) is 2.43. The van der Waals surface area contributed by atoms with E-state index in [1.54, 1.807) is 13.2 Å². The lowest BCUT2D eigenvalue weighted by Crippen LogP contribution is -2.38. The van der Waals surface area contributed by atoms with Crippen LogP contribution in [0.4, 0.5) is 0 Å². The van der Waals surface area contributed by atoms with Crippen LogP contribution in [-0.4, -0.2) is 25.7 Å². The highest BCUT2D eigenvalue weighted by atomic mass is 35.5. The Kier molecular flexibility index (Phi) is 7.61. The summed E-state index contributed by atoms with van der Waals surface area (Å²) in [4.78, 5) is 12.3. The molecule has 134 valence electrons. The predicted octanol–water partition coefficient (Wildman–Crippen LogP) is 4.26. The Bertz CT molecular complexity index is 673. The second-order valence-electron chi connectivity index (χ2n) is 5.71. The molecule has 0 fully saturated rings. The molecule has 5 heteroatoms. The van der Waals surface area contributed by atoms with E-state index < -0.39 is 6.10 Å². The molecule has 0 heterocycles. The summed E-state index contributed by atoms with van der Waals surface area (Å²) >= 11 is 5.87. The number of carbonyl (C=O) groups excluding carboxylic acids is 1. The van der Waals surface area contributed by atoms with Crippen LogP contribution in [0.25, 0.3) is 0 Å². The lowest BCUT2D eigenvalue weighted by molar-refractivity contribution is -0.128. The minimum atomic E-state index is -0.511. The van der Waals surface area contributed by atoms with Crippen molar-refractivity contribution in [2.24, 2.45) is 0 Å². The Morgan fingerprint density at radius 2 is 1.88 bits per heavy atom. The molecule has 0 unspecified atom stereocenters. The molecule has 2 rings (SSSR count). The van der Waals surface area contributed by atoms with Crippen LogP contribution < -0.4 is 14.8 Å². The van der Waals surface area contributed by atoms with E-state index in [1.807, 2.05) is 49.4 Å². The number of amides is 1. The molecule has 0 saturated heterocycles. The maximum atomic E-state index is 12.3. The second-order valence-corrected chi connectivity index (χ2v) is 6.15. The van der Waals surface area contributed by atoms with Gasteiger partial charge in [0.25, 0.3) is 5.91 Å². The van der Waals surface area contributed by atoms with Crippen molar-refractivity contribution in [3.05, 3.63) is 59.1 Å². The lowest BCUT2D eigenvalue weighted by atomic mass is 10.1. The lowest BCUT2D eigenvalue weighted by Gasteiger charge is -2.17. The Morgan fingerprint density at radius 3 is 2.56 bits per heavy atom. The molecule has 0 aliphatic carbocycles. The third kappa shape index (κ3) is 6.31. The van der Waals surface area contributed by atoms with Crippen LogP contribution in [0.1, 0.15) is 25.3 Å². The normalized spacial score (nSPS) is 11.6. The van der Waals surface area contributed by atoms with Crippen molar-refractivity contribution >= 4 is 17.5 Å². The number of methoxy groups -OCH3 is 1. The Morgan fingerprint density at radius 1 is 1.16 bits per heavy atom. The van der Waals surface area contributed by atoms with Gasteiger partial charge in [0.1, 0.15) is 11.5 Å². The number of aryl methyl sites for hydroxylation is 1. The van der Waals surface area contributed by atoms with Crippen molar-refractivity contribution in [2.75, 3.05) is 13.7 Å². The topological polar surface area (TPSA) is 47.6 Å². The number of carbonyl (C=O) groups is 1. The molecule has 0 aliphatic heterocycles. The third-order valence-corrected chi connectivity index (χ3v) is 4.09. The summed E-state index contributed by atoms with van der Waals surface area (Å²) in [5.41, 5.74) is 1.21. The summed E-state index contributed by atoms with van der Waals surface area (Å²) in [7, 11) is 1.60. The van der Waals surface area contributed by atoms with E-state index in [2.05, 4.69) is 5.32 Å². The molecule has 0 aliphatic rings.